The molecule has 5 heteroatoms. The number of hydrogen-bond donors (Lipinski definition) is 1. The Morgan fingerprint density at radius 3 is 2.61 bits per heavy atom. The van der Waals surface area contributed by atoms with Gasteiger partial charge < -0.3 is 5.11 Å². The zero-order valence-corrected chi connectivity index (χ0v) is 10.6. The third kappa shape index (κ3) is 3.07. The molecular formula is C13H12N2O2S. The summed E-state index contributed by atoms with van der Waals surface area (Å²) in [7, 11) is 0. The molecule has 0 radical (unpaired) electrons. The number of aromatic nitrogens is 2. The van der Waals surface area contributed by atoms with Gasteiger partial charge in [0, 0.05) is 11.9 Å². The first-order chi connectivity index (χ1) is 8.66. The monoisotopic (exact) mass is 260 g/mol. The van der Waals surface area contributed by atoms with Gasteiger partial charge in [-0.3, -0.25) is 4.79 Å². The Balaban J connectivity index is 2.25. The normalized spacial score (nSPS) is 12.1. The van der Waals surface area contributed by atoms with Gasteiger partial charge in [-0.05, 0) is 18.6 Å². The summed E-state index contributed by atoms with van der Waals surface area (Å²) in [5.41, 5.74) is 1.56. The highest BCUT2D eigenvalue weighted by molar-refractivity contribution is 8.00. The quantitative estimate of drug-likeness (QED) is 0.676. The van der Waals surface area contributed by atoms with E-state index in [4.69, 9.17) is 0 Å². The van der Waals surface area contributed by atoms with Crippen molar-refractivity contribution in [2.24, 2.45) is 0 Å². The first-order valence-electron chi connectivity index (χ1n) is 5.41. The number of carboxylic acid groups (broad SMARTS) is 1. The summed E-state index contributed by atoms with van der Waals surface area (Å²) in [5, 5.41) is 9.07. The van der Waals surface area contributed by atoms with Crippen LogP contribution in [0.15, 0.2) is 47.8 Å². The predicted molar refractivity (Wildman–Crippen MR) is 69.4 cm³/mol. The van der Waals surface area contributed by atoms with Crippen molar-refractivity contribution >= 4 is 17.7 Å². The van der Waals surface area contributed by atoms with Crippen LogP contribution in [0, 0.1) is 6.92 Å². The molecule has 1 N–H and O–H groups in total. The van der Waals surface area contributed by atoms with Gasteiger partial charge in [0.25, 0.3) is 0 Å². The van der Waals surface area contributed by atoms with E-state index in [1.807, 2.05) is 25.1 Å². The summed E-state index contributed by atoms with van der Waals surface area (Å²) >= 11 is 1.14. The Morgan fingerprint density at radius 1 is 1.28 bits per heavy atom. The fraction of sp³-hybridized carbons (Fsp3) is 0.154. The second-order valence-corrected chi connectivity index (χ2v) is 4.80. The minimum absolute atomic E-state index is 0.478. The van der Waals surface area contributed by atoms with Crippen molar-refractivity contribution in [3.8, 4) is 0 Å². The van der Waals surface area contributed by atoms with E-state index in [0.717, 1.165) is 23.0 Å². The van der Waals surface area contributed by atoms with Gasteiger partial charge in [0.1, 0.15) is 5.25 Å². The van der Waals surface area contributed by atoms with Gasteiger partial charge in [-0.2, -0.15) is 0 Å². The van der Waals surface area contributed by atoms with Crippen LogP contribution in [0.1, 0.15) is 16.5 Å². The second-order valence-electron chi connectivity index (χ2n) is 3.73. The van der Waals surface area contributed by atoms with E-state index in [-0.39, 0.29) is 0 Å². The molecule has 92 valence electrons. The van der Waals surface area contributed by atoms with Gasteiger partial charge >= 0.3 is 5.97 Å². The molecule has 0 saturated carbocycles. The average Bonchev–Trinajstić information content (AvgIpc) is 2.37. The lowest BCUT2D eigenvalue weighted by Crippen LogP contribution is -2.08. The third-order valence-corrected chi connectivity index (χ3v) is 3.44. The van der Waals surface area contributed by atoms with Crippen molar-refractivity contribution in [3.05, 3.63) is 53.9 Å². The van der Waals surface area contributed by atoms with Crippen LogP contribution >= 0.6 is 11.8 Å². The molecule has 0 aliphatic carbocycles. The van der Waals surface area contributed by atoms with Crippen LogP contribution in [0.3, 0.4) is 0 Å². The molecule has 4 nitrogen and oxygen atoms in total. The van der Waals surface area contributed by atoms with Crippen molar-refractivity contribution in [1.29, 1.82) is 0 Å². The molecule has 1 unspecified atom stereocenters. The molecule has 1 atom stereocenters. The summed E-state index contributed by atoms with van der Waals surface area (Å²) < 4.78 is 0. The van der Waals surface area contributed by atoms with E-state index in [9.17, 15) is 9.90 Å². The summed E-state index contributed by atoms with van der Waals surface area (Å²) in [6, 6.07) is 10.9. The lowest BCUT2D eigenvalue weighted by atomic mass is 10.1. The highest BCUT2D eigenvalue weighted by atomic mass is 32.2. The van der Waals surface area contributed by atoms with Gasteiger partial charge in [-0.25, -0.2) is 9.97 Å². The number of hydrogen-bond acceptors (Lipinski definition) is 4. The Hall–Kier alpha value is -1.88. The maximum Gasteiger partial charge on any atom is 0.321 e. The number of carbonyl (C=O) groups is 1. The molecule has 0 bridgehead atoms. The minimum Gasteiger partial charge on any atom is -0.480 e. The fourth-order valence-electron chi connectivity index (χ4n) is 1.48. The van der Waals surface area contributed by atoms with Crippen molar-refractivity contribution in [1.82, 2.24) is 9.97 Å². The number of aliphatic carboxylic acids is 1. The molecule has 0 saturated heterocycles. The number of rotatable bonds is 4. The Morgan fingerprint density at radius 2 is 2.00 bits per heavy atom. The van der Waals surface area contributed by atoms with Crippen LogP contribution in [0.5, 0.6) is 0 Å². The second kappa shape index (κ2) is 5.64. The number of aryl methyl sites for hydroxylation is 1. The average molecular weight is 260 g/mol. The smallest absolute Gasteiger partial charge is 0.321 e. The number of nitrogens with zero attached hydrogens (tertiary/aromatic N) is 2. The van der Waals surface area contributed by atoms with Crippen LogP contribution < -0.4 is 0 Å². The molecule has 1 aromatic heterocycles. The van der Waals surface area contributed by atoms with Gasteiger partial charge in [0.2, 0.25) is 0 Å². The fourth-order valence-corrected chi connectivity index (χ4v) is 2.40. The molecule has 0 fully saturated rings. The van der Waals surface area contributed by atoms with Crippen molar-refractivity contribution in [3.63, 3.8) is 0 Å². The predicted octanol–water partition coefficient (Wildman–Crippen LogP) is 2.70. The maximum atomic E-state index is 11.3. The topological polar surface area (TPSA) is 63.1 Å². The molecule has 2 aromatic rings. The van der Waals surface area contributed by atoms with E-state index in [0.29, 0.717) is 5.16 Å². The molecule has 0 spiro atoms. The Kier molecular flexibility index (Phi) is 3.94. The van der Waals surface area contributed by atoms with Gasteiger partial charge in [0.15, 0.2) is 5.16 Å². The van der Waals surface area contributed by atoms with Crippen LogP contribution in [-0.2, 0) is 4.79 Å². The third-order valence-electron chi connectivity index (χ3n) is 2.32. The van der Waals surface area contributed by atoms with Gasteiger partial charge in [-0.1, -0.05) is 42.1 Å². The SMILES string of the molecule is Cc1ccnc(SC(C(=O)O)c2ccccc2)n1. The van der Waals surface area contributed by atoms with Gasteiger partial charge in [0.05, 0.1) is 0 Å². The van der Waals surface area contributed by atoms with E-state index >= 15 is 0 Å². The number of carboxylic acids is 1. The molecule has 0 aliphatic rings. The Bertz CT molecular complexity index is 546. The molecule has 1 heterocycles. The van der Waals surface area contributed by atoms with Crippen LogP contribution in [-0.4, -0.2) is 21.0 Å². The molecule has 18 heavy (non-hydrogen) atoms. The zero-order chi connectivity index (χ0) is 13.0. The molecule has 0 aliphatic heterocycles. The maximum absolute atomic E-state index is 11.3. The summed E-state index contributed by atoms with van der Waals surface area (Å²) in [6.07, 6.45) is 1.63. The van der Waals surface area contributed by atoms with E-state index < -0.39 is 11.2 Å². The van der Waals surface area contributed by atoms with Crippen molar-refractivity contribution in [2.75, 3.05) is 0 Å². The highest BCUT2D eigenvalue weighted by Crippen LogP contribution is 2.33. The summed E-state index contributed by atoms with van der Waals surface area (Å²) in [4.78, 5) is 19.6. The lowest BCUT2D eigenvalue weighted by Gasteiger charge is -2.11. The van der Waals surface area contributed by atoms with Crippen LogP contribution in [0.25, 0.3) is 0 Å². The highest BCUT2D eigenvalue weighted by Gasteiger charge is 2.22. The van der Waals surface area contributed by atoms with E-state index in [1.165, 1.54) is 0 Å². The number of benzene rings is 1. The standard InChI is InChI=1S/C13H12N2O2S/c1-9-7-8-14-13(15-9)18-11(12(16)17)10-5-3-2-4-6-10/h2-8,11H,1H3,(H,16,17). The summed E-state index contributed by atoms with van der Waals surface area (Å²) in [6.45, 7) is 1.85. The van der Waals surface area contributed by atoms with Crippen LogP contribution in [0.2, 0.25) is 0 Å². The van der Waals surface area contributed by atoms with Crippen molar-refractivity contribution < 1.29 is 9.90 Å². The molecule has 1 aromatic carbocycles. The lowest BCUT2D eigenvalue weighted by molar-refractivity contribution is -0.136. The Labute approximate surface area is 109 Å². The zero-order valence-electron chi connectivity index (χ0n) is 9.78. The molecular weight excluding hydrogens is 248 g/mol. The first kappa shape index (κ1) is 12.6. The molecule has 2 rings (SSSR count). The van der Waals surface area contributed by atoms with Crippen LogP contribution in [0.4, 0.5) is 0 Å². The first-order valence-corrected chi connectivity index (χ1v) is 6.29. The largest absolute Gasteiger partial charge is 0.480 e. The summed E-state index contributed by atoms with van der Waals surface area (Å²) in [5.74, 6) is -0.892. The minimum atomic E-state index is -0.892. The number of thioether (sulfide) groups is 1. The van der Waals surface area contributed by atoms with E-state index in [2.05, 4.69) is 9.97 Å². The molecule has 0 amide bonds. The van der Waals surface area contributed by atoms with Gasteiger partial charge in [-0.15, -0.1) is 0 Å². The van der Waals surface area contributed by atoms with E-state index in [1.54, 1.807) is 24.4 Å². The van der Waals surface area contributed by atoms with Crippen molar-refractivity contribution in [2.45, 2.75) is 17.3 Å².